The van der Waals surface area contributed by atoms with Gasteiger partial charge in [-0.25, -0.2) is 4.98 Å². The molecular formula is C21H26N6O2. The largest absolute Gasteiger partial charge is 0.507 e. The number of nitrogens with zero attached hydrogens (tertiary/aromatic N) is 4. The molecule has 8 nitrogen and oxygen atoms in total. The Morgan fingerprint density at radius 2 is 1.79 bits per heavy atom. The molecule has 8 heteroatoms. The molecule has 1 fully saturated rings. The maximum atomic E-state index is 10.4. The fourth-order valence-corrected chi connectivity index (χ4v) is 4.23. The Bertz CT molecular complexity index is 967. The van der Waals surface area contributed by atoms with Gasteiger partial charge in [-0.2, -0.15) is 5.10 Å². The molecule has 0 spiro atoms. The third-order valence-corrected chi connectivity index (χ3v) is 5.05. The molecule has 3 heterocycles. The number of piperidine rings is 1. The van der Waals surface area contributed by atoms with E-state index in [1.807, 2.05) is 6.07 Å². The van der Waals surface area contributed by atoms with Gasteiger partial charge in [-0.05, 0) is 45.4 Å². The minimum absolute atomic E-state index is 0.0181. The summed E-state index contributed by atoms with van der Waals surface area (Å²) >= 11 is 0. The summed E-state index contributed by atoms with van der Waals surface area (Å²) in [5.41, 5.74) is 2.22. The lowest BCUT2D eigenvalue weighted by Crippen LogP contribution is -2.60. The standard InChI is InChI=1S/C21H26N6O2/c1-20(2)8-15(9-21(3,4)27-20)29-18-12-22-19(26-25-18)16-6-5-13(7-17(16)28)14-10-23-24-11-14/h5-7,10-12,15,27-28H,8-9H2,1-4H3,(H,23,24). The lowest BCUT2D eigenvalue weighted by atomic mass is 9.81. The maximum Gasteiger partial charge on any atom is 0.252 e. The van der Waals surface area contributed by atoms with Crippen LogP contribution < -0.4 is 10.1 Å². The summed E-state index contributed by atoms with van der Waals surface area (Å²) in [5, 5.41) is 29.1. The Hall–Kier alpha value is -3.00. The smallest absolute Gasteiger partial charge is 0.252 e. The lowest BCUT2D eigenvalue weighted by Gasteiger charge is -2.45. The minimum atomic E-state index is -0.0181. The van der Waals surface area contributed by atoms with Gasteiger partial charge in [0.1, 0.15) is 11.9 Å². The highest BCUT2D eigenvalue weighted by atomic mass is 16.5. The Balaban J connectivity index is 1.50. The third-order valence-electron chi connectivity index (χ3n) is 5.05. The summed E-state index contributed by atoms with van der Waals surface area (Å²) in [6.45, 7) is 8.70. The number of ether oxygens (including phenoxy) is 1. The minimum Gasteiger partial charge on any atom is -0.507 e. The fourth-order valence-electron chi connectivity index (χ4n) is 4.23. The van der Waals surface area contributed by atoms with E-state index in [1.165, 1.54) is 0 Å². The number of hydrogen-bond acceptors (Lipinski definition) is 7. The normalized spacial score (nSPS) is 18.5. The second-order valence-corrected chi connectivity index (χ2v) is 8.88. The van der Waals surface area contributed by atoms with Gasteiger partial charge in [0.2, 0.25) is 0 Å². The van der Waals surface area contributed by atoms with Gasteiger partial charge in [0.25, 0.3) is 5.88 Å². The molecule has 3 aromatic rings. The average Bonchev–Trinajstić information content (AvgIpc) is 3.14. The van der Waals surface area contributed by atoms with E-state index >= 15 is 0 Å². The summed E-state index contributed by atoms with van der Waals surface area (Å²) in [5.74, 6) is 0.822. The summed E-state index contributed by atoms with van der Waals surface area (Å²) in [4.78, 5) is 4.35. The number of aromatic hydroxyl groups is 1. The van der Waals surface area contributed by atoms with Crippen LogP contribution in [0.5, 0.6) is 11.6 Å². The number of hydrogen-bond donors (Lipinski definition) is 3. The first-order valence-electron chi connectivity index (χ1n) is 9.69. The molecule has 0 amide bonds. The second kappa shape index (κ2) is 7.11. The van der Waals surface area contributed by atoms with E-state index < -0.39 is 0 Å². The van der Waals surface area contributed by atoms with Crippen LogP contribution in [-0.4, -0.2) is 47.7 Å². The molecule has 0 radical (unpaired) electrons. The van der Waals surface area contributed by atoms with Gasteiger partial charge >= 0.3 is 0 Å². The molecule has 1 aromatic carbocycles. The molecule has 152 valence electrons. The van der Waals surface area contributed by atoms with Gasteiger partial charge < -0.3 is 15.2 Å². The first-order chi connectivity index (χ1) is 13.7. The fraction of sp³-hybridized carbons (Fsp3) is 0.429. The summed E-state index contributed by atoms with van der Waals surface area (Å²) in [7, 11) is 0. The lowest BCUT2D eigenvalue weighted by molar-refractivity contribution is 0.0521. The van der Waals surface area contributed by atoms with Crippen molar-refractivity contribution >= 4 is 0 Å². The van der Waals surface area contributed by atoms with E-state index in [0.29, 0.717) is 17.3 Å². The van der Waals surface area contributed by atoms with Crippen molar-refractivity contribution in [3.63, 3.8) is 0 Å². The molecular weight excluding hydrogens is 368 g/mol. The quantitative estimate of drug-likeness (QED) is 0.623. The molecule has 0 atom stereocenters. The van der Waals surface area contributed by atoms with Crippen LogP contribution in [0, 0.1) is 0 Å². The van der Waals surface area contributed by atoms with Crippen LogP contribution in [0.1, 0.15) is 40.5 Å². The van der Waals surface area contributed by atoms with Crippen molar-refractivity contribution in [3.8, 4) is 34.1 Å². The molecule has 1 saturated heterocycles. The number of benzene rings is 1. The Kier molecular flexibility index (Phi) is 4.74. The third kappa shape index (κ3) is 4.37. The second-order valence-electron chi connectivity index (χ2n) is 8.88. The van der Waals surface area contributed by atoms with Crippen LogP contribution in [0.25, 0.3) is 22.5 Å². The monoisotopic (exact) mass is 394 g/mol. The zero-order chi connectivity index (χ0) is 20.6. The van der Waals surface area contributed by atoms with Crippen molar-refractivity contribution in [1.29, 1.82) is 0 Å². The topological polar surface area (TPSA) is 109 Å². The Morgan fingerprint density at radius 3 is 2.38 bits per heavy atom. The molecule has 29 heavy (non-hydrogen) atoms. The molecule has 3 N–H and O–H groups in total. The predicted molar refractivity (Wildman–Crippen MR) is 109 cm³/mol. The molecule has 4 rings (SSSR count). The summed E-state index contributed by atoms with van der Waals surface area (Å²) in [6, 6.07) is 5.31. The van der Waals surface area contributed by atoms with Crippen molar-refractivity contribution in [2.75, 3.05) is 0 Å². The molecule has 0 unspecified atom stereocenters. The zero-order valence-electron chi connectivity index (χ0n) is 17.1. The molecule has 0 bridgehead atoms. The van der Waals surface area contributed by atoms with Crippen LogP contribution in [-0.2, 0) is 0 Å². The van der Waals surface area contributed by atoms with Crippen molar-refractivity contribution in [1.82, 2.24) is 30.7 Å². The van der Waals surface area contributed by atoms with Crippen molar-refractivity contribution in [2.24, 2.45) is 0 Å². The Morgan fingerprint density at radius 1 is 1.03 bits per heavy atom. The van der Waals surface area contributed by atoms with E-state index in [1.54, 1.807) is 30.7 Å². The van der Waals surface area contributed by atoms with Crippen molar-refractivity contribution in [3.05, 3.63) is 36.8 Å². The van der Waals surface area contributed by atoms with Crippen LogP contribution in [0.2, 0.25) is 0 Å². The number of nitrogens with one attached hydrogen (secondary N) is 2. The highest BCUT2D eigenvalue weighted by Gasteiger charge is 2.38. The number of H-pyrrole nitrogens is 1. The molecule has 1 aliphatic heterocycles. The van der Waals surface area contributed by atoms with E-state index in [-0.39, 0.29) is 22.9 Å². The SMILES string of the molecule is CC1(C)CC(Oc2cnc(-c3ccc(-c4cn[nH]c4)cc3O)nn2)CC(C)(C)N1. The van der Waals surface area contributed by atoms with E-state index in [2.05, 4.69) is 58.4 Å². The number of rotatable bonds is 4. The summed E-state index contributed by atoms with van der Waals surface area (Å²) < 4.78 is 6.07. The van der Waals surface area contributed by atoms with E-state index in [0.717, 1.165) is 24.0 Å². The molecule has 2 aromatic heterocycles. The number of aromatic amines is 1. The first kappa shape index (κ1) is 19.3. The van der Waals surface area contributed by atoms with Gasteiger partial charge in [-0.15, -0.1) is 10.2 Å². The molecule has 0 saturated carbocycles. The summed E-state index contributed by atoms with van der Waals surface area (Å²) in [6.07, 6.45) is 6.80. The predicted octanol–water partition coefficient (Wildman–Crippen LogP) is 3.32. The van der Waals surface area contributed by atoms with Gasteiger partial charge in [0.05, 0.1) is 18.0 Å². The van der Waals surface area contributed by atoms with Crippen molar-refractivity contribution in [2.45, 2.75) is 57.7 Å². The van der Waals surface area contributed by atoms with Crippen LogP contribution in [0.15, 0.2) is 36.8 Å². The number of phenolic OH excluding ortho intramolecular Hbond substituents is 1. The first-order valence-corrected chi connectivity index (χ1v) is 9.69. The van der Waals surface area contributed by atoms with Crippen LogP contribution >= 0.6 is 0 Å². The average molecular weight is 394 g/mol. The van der Waals surface area contributed by atoms with Crippen molar-refractivity contribution < 1.29 is 9.84 Å². The van der Waals surface area contributed by atoms with Gasteiger partial charge in [0, 0.05) is 35.7 Å². The van der Waals surface area contributed by atoms with Gasteiger partial charge in [-0.3, -0.25) is 5.10 Å². The number of phenols is 1. The van der Waals surface area contributed by atoms with E-state index in [4.69, 9.17) is 4.74 Å². The highest BCUT2D eigenvalue weighted by Crippen LogP contribution is 2.33. The Labute approximate surface area is 169 Å². The molecule has 0 aliphatic carbocycles. The highest BCUT2D eigenvalue weighted by molar-refractivity contribution is 5.72. The zero-order valence-corrected chi connectivity index (χ0v) is 17.1. The van der Waals surface area contributed by atoms with E-state index in [9.17, 15) is 5.11 Å². The van der Waals surface area contributed by atoms with Crippen LogP contribution in [0.3, 0.4) is 0 Å². The van der Waals surface area contributed by atoms with Gasteiger partial charge in [0.15, 0.2) is 5.82 Å². The maximum absolute atomic E-state index is 10.4. The van der Waals surface area contributed by atoms with Gasteiger partial charge in [-0.1, -0.05) is 6.07 Å². The molecule has 1 aliphatic rings. The van der Waals surface area contributed by atoms with Crippen LogP contribution in [0.4, 0.5) is 0 Å². The number of aromatic nitrogens is 5.